The SMILES string of the molecule is CCN(CCNc1ccc(C(N)=S)c(F)c1)C1CC1. The molecule has 0 amide bonds. The van der Waals surface area contributed by atoms with Crippen LogP contribution in [0.15, 0.2) is 18.2 Å². The third-order valence-corrected chi connectivity index (χ3v) is 3.65. The second kappa shape index (κ2) is 6.30. The van der Waals surface area contributed by atoms with Crippen LogP contribution in [0.1, 0.15) is 25.3 Å². The molecule has 0 radical (unpaired) electrons. The van der Waals surface area contributed by atoms with Crippen molar-refractivity contribution in [1.82, 2.24) is 4.90 Å². The maximum atomic E-state index is 13.7. The molecule has 2 rings (SSSR count). The van der Waals surface area contributed by atoms with E-state index in [2.05, 4.69) is 17.1 Å². The Morgan fingerprint density at radius 2 is 2.26 bits per heavy atom. The van der Waals surface area contributed by atoms with Crippen LogP contribution < -0.4 is 11.1 Å². The number of benzene rings is 1. The topological polar surface area (TPSA) is 41.3 Å². The van der Waals surface area contributed by atoms with Crippen LogP contribution in [-0.4, -0.2) is 35.6 Å². The Bertz CT molecular complexity index is 460. The Morgan fingerprint density at radius 3 is 2.79 bits per heavy atom. The van der Waals surface area contributed by atoms with Gasteiger partial charge in [0.2, 0.25) is 0 Å². The van der Waals surface area contributed by atoms with E-state index in [0.717, 1.165) is 31.4 Å². The molecule has 0 aliphatic heterocycles. The van der Waals surface area contributed by atoms with E-state index in [1.165, 1.54) is 18.9 Å². The lowest BCUT2D eigenvalue weighted by molar-refractivity contribution is 0.289. The number of anilines is 1. The standard InChI is InChI=1S/C14H20FN3S/c1-2-18(11-4-5-11)8-7-17-10-3-6-12(14(16)19)13(15)9-10/h3,6,9,11,17H,2,4-5,7-8H2,1H3,(H2,16,19). The highest BCUT2D eigenvalue weighted by atomic mass is 32.1. The summed E-state index contributed by atoms with van der Waals surface area (Å²) < 4.78 is 13.7. The van der Waals surface area contributed by atoms with E-state index in [1.54, 1.807) is 6.07 Å². The summed E-state index contributed by atoms with van der Waals surface area (Å²) in [6.07, 6.45) is 2.62. The van der Waals surface area contributed by atoms with Crippen LogP contribution in [0.5, 0.6) is 0 Å². The quantitative estimate of drug-likeness (QED) is 0.753. The molecule has 3 nitrogen and oxygen atoms in total. The van der Waals surface area contributed by atoms with Gasteiger partial charge in [-0.3, -0.25) is 4.90 Å². The average Bonchev–Trinajstić information content (AvgIpc) is 3.18. The van der Waals surface area contributed by atoms with Gasteiger partial charge in [0.05, 0.1) is 0 Å². The Hall–Kier alpha value is -1.20. The van der Waals surface area contributed by atoms with Gasteiger partial charge in [0, 0.05) is 30.4 Å². The Balaban J connectivity index is 1.85. The third kappa shape index (κ3) is 3.88. The molecule has 1 aromatic carbocycles. The molecule has 0 heterocycles. The van der Waals surface area contributed by atoms with Gasteiger partial charge < -0.3 is 11.1 Å². The first kappa shape index (κ1) is 14.2. The molecule has 1 aliphatic rings. The lowest BCUT2D eigenvalue weighted by Gasteiger charge is -2.20. The summed E-state index contributed by atoms with van der Waals surface area (Å²) >= 11 is 4.78. The van der Waals surface area contributed by atoms with E-state index < -0.39 is 0 Å². The van der Waals surface area contributed by atoms with Crippen molar-refractivity contribution in [3.8, 4) is 0 Å². The van der Waals surface area contributed by atoms with Gasteiger partial charge in [0.15, 0.2) is 0 Å². The number of thiocarbonyl (C=S) groups is 1. The number of halogens is 1. The molecule has 3 N–H and O–H groups in total. The van der Waals surface area contributed by atoms with Gasteiger partial charge in [-0.25, -0.2) is 4.39 Å². The molecule has 0 spiro atoms. The number of hydrogen-bond acceptors (Lipinski definition) is 3. The first-order chi connectivity index (χ1) is 9.11. The second-order valence-electron chi connectivity index (χ2n) is 4.85. The van der Waals surface area contributed by atoms with Crippen molar-refractivity contribution < 1.29 is 4.39 Å². The fourth-order valence-electron chi connectivity index (χ4n) is 2.21. The summed E-state index contributed by atoms with van der Waals surface area (Å²) in [5, 5.41) is 3.23. The van der Waals surface area contributed by atoms with Crippen molar-refractivity contribution in [2.24, 2.45) is 5.73 Å². The van der Waals surface area contributed by atoms with Gasteiger partial charge in [-0.15, -0.1) is 0 Å². The highest BCUT2D eigenvalue weighted by molar-refractivity contribution is 7.80. The summed E-state index contributed by atoms with van der Waals surface area (Å²) in [5.74, 6) is -0.368. The van der Waals surface area contributed by atoms with Gasteiger partial charge in [-0.05, 0) is 37.6 Å². The van der Waals surface area contributed by atoms with E-state index in [4.69, 9.17) is 18.0 Å². The molecular weight excluding hydrogens is 261 g/mol. The maximum absolute atomic E-state index is 13.7. The molecule has 0 saturated heterocycles. The smallest absolute Gasteiger partial charge is 0.135 e. The summed E-state index contributed by atoms with van der Waals surface area (Å²) in [7, 11) is 0. The minimum absolute atomic E-state index is 0.0925. The second-order valence-corrected chi connectivity index (χ2v) is 5.29. The Morgan fingerprint density at radius 1 is 1.53 bits per heavy atom. The molecule has 1 saturated carbocycles. The fourth-order valence-corrected chi connectivity index (χ4v) is 2.37. The lowest BCUT2D eigenvalue weighted by Crippen LogP contribution is -2.30. The van der Waals surface area contributed by atoms with Crippen molar-refractivity contribution >= 4 is 22.9 Å². The lowest BCUT2D eigenvalue weighted by atomic mass is 10.2. The van der Waals surface area contributed by atoms with Crippen LogP contribution in [0, 0.1) is 5.82 Å². The van der Waals surface area contributed by atoms with Crippen LogP contribution >= 0.6 is 12.2 Å². The molecule has 1 aromatic rings. The van der Waals surface area contributed by atoms with E-state index in [0.29, 0.717) is 5.56 Å². The number of nitrogens with one attached hydrogen (secondary N) is 1. The van der Waals surface area contributed by atoms with E-state index in [-0.39, 0.29) is 10.8 Å². The first-order valence-electron chi connectivity index (χ1n) is 6.69. The highest BCUT2D eigenvalue weighted by Crippen LogP contribution is 2.26. The van der Waals surface area contributed by atoms with Gasteiger partial charge in [-0.2, -0.15) is 0 Å². The summed E-state index contributed by atoms with van der Waals surface area (Å²) in [5.41, 5.74) is 6.49. The van der Waals surface area contributed by atoms with Gasteiger partial charge in [0.25, 0.3) is 0 Å². The van der Waals surface area contributed by atoms with Crippen LogP contribution in [0.2, 0.25) is 0 Å². The number of rotatable bonds is 7. The maximum Gasteiger partial charge on any atom is 0.135 e. The molecule has 5 heteroatoms. The van der Waals surface area contributed by atoms with Crippen LogP contribution in [0.4, 0.5) is 10.1 Å². The number of nitrogens with zero attached hydrogens (tertiary/aromatic N) is 1. The van der Waals surface area contributed by atoms with E-state index in [9.17, 15) is 4.39 Å². The Labute approximate surface area is 119 Å². The zero-order valence-corrected chi connectivity index (χ0v) is 12.0. The van der Waals surface area contributed by atoms with Crippen LogP contribution in [-0.2, 0) is 0 Å². The van der Waals surface area contributed by atoms with Crippen molar-refractivity contribution in [3.63, 3.8) is 0 Å². The van der Waals surface area contributed by atoms with Gasteiger partial charge in [0.1, 0.15) is 10.8 Å². The molecule has 0 bridgehead atoms. The van der Waals surface area contributed by atoms with Crippen molar-refractivity contribution in [1.29, 1.82) is 0 Å². The molecule has 104 valence electrons. The summed E-state index contributed by atoms with van der Waals surface area (Å²) in [6, 6.07) is 5.64. The normalized spacial score (nSPS) is 14.7. The highest BCUT2D eigenvalue weighted by Gasteiger charge is 2.27. The third-order valence-electron chi connectivity index (χ3n) is 3.43. The molecule has 0 atom stereocenters. The number of hydrogen-bond donors (Lipinski definition) is 2. The van der Waals surface area contributed by atoms with Crippen LogP contribution in [0.3, 0.4) is 0 Å². The predicted molar refractivity (Wildman–Crippen MR) is 81.0 cm³/mol. The Kier molecular flexibility index (Phi) is 4.71. The van der Waals surface area contributed by atoms with E-state index >= 15 is 0 Å². The summed E-state index contributed by atoms with van der Waals surface area (Å²) in [6.45, 7) is 5.05. The van der Waals surface area contributed by atoms with Crippen molar-refractivity contribution in [2.75, 3.05) is 25.0 Å². The van der Waals surface area contributed by atoms with Crippen molar-refractivity contribution in [3.05, 3.63) is 29.6 Å². The zero-order valence-electron chi connectivity index (χ0n) is 11.2. The average molecular weight is 281 g/mol. The van der Waals surface area contributed by atoms with Gasteiger partial charge in [-0.1, -0.05) is 19.1 Å². The molecule has 1 aliphatic carbocycles. The number of likely N-dealkylation sites (N-methyl/N-ethyl adjacent to an activating group) is 1. The number of nitrogens with two attached hydrogens (primary N) is 1. The first-order valence-corrected chi connectivity index (χ1v) is 7.10. The fraction of sp³-hybridized carbons (Fsp3) is 0.500. The minimum atomic E-state index is -0.368. The predicted octanol–water partition coefficient (Wildman–Crippen LogP) is 2.36. The van der Waals surface area contributed by atoms with Crippen molar-refractivity contribution in [2.45, 2.75) is 25.8 Å². The van der Waals surface area contributed by atoms with Gasteiger partial charge >= 0.3 is 0 Å². The minimum Gasteiger partial charge on any atom is -0.389 e. The molecule has 0 aromatic heterocycles. The molecular formula is C14H20FN3S. The monoisotopic (exact) mass is 281 g/mol. The zero-order chi connectivity index (χ0) is 13.8. The largest absolute Gasteiger partial charge is 0.389 e. The van der Waals surface area contributed by atoms with E-state index in [1.807, 2.05) is 6.07 Å². The molecule has 1 fully saturated rings. The molecule has 19 heavy (non-hydrogen) atoms. The molecule has 0 unspecified atom stereocenters. The van der Waals surface area contributed by atoms with Crippen LogP contribution in [0.25, 0.3) is 0 Å². The summed E-state index contributed by atoms with van der Waals surface area (Å²) in [4.78, 5) is 2.54.